The average Bonchev–Trinajstić information content (AvgIpc) is 2.54. The van der Waals surface area contributed by atoms with Crippen molar-refractivity contribution in [2.45, 2.75) is 26.2 Å². The standard InChI is InChI=1S/C17H22N2O4/c1-12-4-2-5-13(10-12)16(21)18-8-7-15(20)19-9-3-6-14(11-19)17(22)23/h2,4-5,10,14H,3,6-9,11H2,1H3,(H,18,21)(H,22,23)/t14-/m0/s1. The molecule has 1 aromatic rings. The number of carbonyl (C=O) groups is 3. The second kappa shape index (κ2) is 7.76. The molecule has 1 fully saturated rings. The van der Waals surface area contributed by atoms with E-state index in [4.69, 9.17) is 5.11 Å². The summed E-state index contributed by atoms with van der Waals surface area (Å²) in [4.78, 5) is 36.7. The number of benzene rings is 1. The highest BCUT2D eigenvalue weighted by atomic mass is 16.4. The van der Waals surface area contributed by atoms with Crippen molar-refractivity contribution in [3.8, 4) is 0 Å². The maximum Gasteiger partial charge on any atom is 0.308 e. The molecule has 1 saturated heterocycles. The quantitative estimate of drug-likeness (QED) is 0.860. The van der Waals surface area contributed by atoms with Gasteiger partial charge in [0.1, 0.15) is 0 Å². The predicted molar refractivity (Wildman–Crippen MR) is 85.1 cm³/mol. The fraction of sp³-hybridized carbons (Fsp3) is 0.471. The first kappa shape index (κ1) is 17.0. The SMILES string of the molecule is Cc1cccc(C(=O)NCCC(=O)N2CCC[C@H](C(=O)O)C2)c1. The first-order valence-corrected chi connectivity index (χ1v) is 7.83. The number of hydrogen-bond donors (Lipinski definition) is 2. The number of amides is 2. The van der Waals surface area contributed by atoms with Crippen LogP contribution in [0.5, 0.6) is 0 Å². The molecule has 1 aliphatic rings. The van der Waals surface area contributed by atoms with Crippen molar-refractivity contribution in [3.05, 3.63) is 35.4 Å². The van der Waals surface area contributed by atoms with E-state index in [1.165, 1.54) is 0 Å². The number of carboxylic acids is 1. The zero-order valence-corrected chi connectivity index (χ0v) is 13.2. The predicted octanol–water partition coefficient (Wildman–Crippen LogP) is 1.44. The Morgan fingerprint density at radius 1 is 1.35 bits per heavy atom. The van der Waals surface area contributed by atoms with Crippen molar-refractivity contribution < 1.29 is 19.5 Å². The van der Waals surface area contributed by atoms with Gasteiger partial charge in [-0.1, -0.05) is 17.7 Å². The third-order valence-electron chi connectivity index (χ3n) is 4.03. The van der Waals surface area contributed by atoms with Crippen LogP contribution in [-0.2, 0) is 9.59 Å². The van der Waals surface area contributed by atoms with Gasteiger partial charge in [0.15, 0.2) is 0 Å². The van der Waals surface area contributed by atoms with E-state index < -0.39 is 11.9 Å². The Morgan fingerprint density at radius 3 is 2.83 bits per heavy atom. The second-order valence-electron chi connectivity index (χ2n) is 5.89. The van der Waals surface area contributed by atoms with Crippen LogP contribution >= 0.6 is 0 Å². The number of carboxylic acid groups (broad SMARTS) is 1. The van der Waals surface area contributed by atoms with E-state index >= 15 is 0 Å². The van der Waals surface area contributed by atoms with Gasteiger partial charge >= 0.3 is 5.97 Å². The van der Waals surface area contributed by atoms with Crippen molar-refractivity contribution >= 4 is 17.8 Å². The molecule has 6 heteroatoms. The lowest BCUT2D eigenvalue weighted by Gasteiger charge is -2.30. The van der Waals surface area contributed by atoms with Gasteiger partial charge in [-0.25, -0.2) is 0 Å². The normalized spacial score (nSPS) is 17.6. The van der Waals surface area contributed by atoms with Gasteiger partial charge in [0.05, 0.1) is 5.92 Å². The molecule has 0 spiro atoms. The monoisotopic (exact) mass is 318 g/mol. The molecule has 1 heterocycles. The number of piperidine rings is 1. The van der Waals surface area contributed by atoms with Crippen LogP contribution in [0.3, 0.4) is 0 Å². The molecular formula is C17H22N2O4. The number of aryl methyl sites for hydroxylation is 1. The summed E-state index contributed by atoms with van der Waals surface area (Å²) in [5, 5.41) is 11.8. The van der Waals surface area contributed by atoms with E-state index in [0.29, 0.717) is 24.9 Å². The van der Waals surface area contributed by atoms with Crippen LogP contribution in [0.25, 0.3) is 0 Å². The van der Waals surface area contributed by atoms with E-state index in [0.717, 1.165) is 5.56 Å². The van der Waals surface area contributed by atoms with Crippen molar-refractivity contribution in [2.24, 2.45) is 5.92 Å². The summed E-state index contributed by atoms with van der Waals surface area (Å²) in [7, 11) is 0. The van der Waals surface area contributed by atoms with E-state index in [1.54, 1.807) is 17.0 Å². The molecule has 1 aliphatic heterocycles. The highest BCUT2D eigenvalue weighted by Crippen LogP contribution is 2.17. The number of nitrogens with one attached hydrogen (secondary N) is 1. The van der Waals surface area contributed by atoms with Gasteiger partial charge in [0.2, 0.25) is 5.91 Å². The number of rotatable bonds is 5. The zero-order chi connectivity index (χ0) is 16.8. The molecule has 0 unspecified atom stereocenters. The van der Waals surface area contributed by atoms with Crippen molar-refractivity contribution in [1.82, 2.24) is 10.2 Å². The Balaban J connectivity index is 1.78. The van der Waals surface area contributed by atoms with Crippen LogP contribution in [-0.4, -0.2) is 47.4 Å². The van der Waals surface area contributed by atoms with Crippen LogP contribution < -0.4 is 5.32 Å². The van der Waals surface area contributed by atoms with Gasteiger partial charge in [0, 0.05) is 31.6 Å². The first-order chi connectivity index (χ1) is 11.0. The van der Waals surface area contributed by atoms with Crippen LogP contribution in [0.4, 0.5) is 0 Å². The minimum Gasteiger partial charge on any atom is -0.481 e. The van der Waals surface area contributed by atoms with Gasteiger partial charge in [-0.15, -0.1) is 0 Å². The fourth-order valence-electron chi connectivity index (χ4n) is 2.73. The molecule has 124 valence electrons. The molecule has 2 amide bonds. The van der Waals surface area contributed by atoms with Crippen LogP contribution in [0.2, 0.25) is 0 Å². The number of nitrogens with zero attached hydrogens (tertiary/aromatic N) is 1. The topological polar surface area (TPSA) is 86.7 Å². The Labute approximate surface area is 135 Å². The summed E-state index contributed by atoms with van der Waals surface area (Å²) >= 11 is 0. The van der Waals surface area contributed by atoms with E-state index in [1.807, 2.05) is 19.1 Å². The van der Waals surface area contributed by atoms with Crippen LogP contribution in [0.1, 0.15) is 35.2 Å². The Morgan fingerprint density at radius 2 is 2.13 bits per heavy atom. The van der Waals surface area contributed by atoms with Gasteiger partial charge < -0.3 is 15.3 Å². The largest absolute Gasteiger partial charge is 0.481 e. The van der Waals surface area contributed by atoms with Crippen molar-refractivity contribution in [2.75, 3.05) is 19.6 Å². The maximum atomic E-state index is 12.1. The van der Waals surface area contributed by atoms with Gasteiger partial charge in [0.25, 0.3) is 5.91 Å². The number of aliphatic carboxylic acids is 1. The molecule has 2 rings (SSSR count). The lowest BCUT2D eigenvalue weighted by atomic mass is 9.98. The number of hydrogen-bond acceptors (Lipinski definition) is 3. The van der Waals surface area contributed by atoms with E-state index in [9.17, 15) is 14.4 Å². The molecule has 0 bridgehead atoms. The highest BCUT2D eigenvalue weighted by Gasteiger charge is 2.27. The first-order valence-electron chi connectivity index (χ1n) is 7.83. The third kappa shape index (κ3) is 4.81. The summed E-state index contributed by atoms with van der Waals surface area (Å²) in [6.07, 6.45) is 1.51. The molecule has 0 saturated carbocycles. The summed E-state index contributed by atoms with van der Waals surface area (Å²) in [6, 6.07) is 7.25. The molecule has 1 aromatic carbocycles. The molecule has 23 heavy (non-hydrogen) atoms. The molecule has 0 aliphatic carbocycles. The summed E-state index contributed by atoms with van der Waals surface area (Å²) < 4.78 is 0. The Kier molecular flexibility index (Phi) is 5.73. The minimum absolute atomic E-state index is 0.111. The maximum absolute atomic E-state index is 12.1. The summed E-state index contributed by atoms with van der Waals surface area (Å²) in [5.41, 5.74) is 1.57. The van der Waals surface area contributed by atoms with Crippen molar-refractivity contribution in [3.63, 3.8) is 0 Å². The molecule has 0 radical (unpaired) electrons. The number of carbonyl (C=O) groups excluding carboxylic acids is 2. The lowest BCUT2D eigenvalue weighted by Crippen LogP contribution is -2.43. The molecule has 1 atom stereocenters. The third-order valence-corrected chi connectivity index (χ3v) is 4.03. The highest BCUT2D eigenvalue weighted by molar-refractivity contribution is 5.94. The molecule has 2 N–H and O–H groups in total. The van der Waals surface area contributed by atoms with Crippen molar-refractivity contribution in [1.29, 1.82) is 0 Å². The van der Waals surface area contributed by atoms with Crippen LogP contribution in [0, 0.1) is 12.8 Å². The van der Waals surface area contributed by atoms with E-state index in [2.05, 4.69) is 5.32 Å². The lowest BCUT2D eigenvalue weighted by molar-refractivity contribution is -0.145. The summed E-state index contributed by atoms with van der Waals surface area (Å²) in [5.74, 6) is -1.64. The molecule has 0 aromatic heterocycles. The van der Waals surface area contributed by atoms with Gasteiger partial charge in [-0.2, -0.15) is 0 Å². The minimum atomic E-state index is -0.852. The zero-order valence-electron chi connectivity index (χ0n) is 13.2. The number of likely N-dealkylation sites (tertiary alicyclic amines) is 1. The molecular weight excluding hydrogens is 296 g/mol. The summed E-state index contributed by atoms with van der Waals surface area (Å²) in [6.45, 7) is 3.02. The molecule has 6 nitrogen and oxygen atoms in total. The Hall–Kier alpha value is -2.37. The average molecular weight is 318 g/mol. The van der Waals surface area contributed by atoms with E-state index in [-0.39, 0.29) is 31.3 Å². The van der Waals surface area contributed by atoms with Gasteiger partial charge in [-0.3, -0.25) is 14.4 Å². The van der Waals surface area contributed by atoms with Gasteiger partial charge in [-0.05, 0) is 31.9 Å². The Bertz CT molecular complexity index is 600. The smallest absolute Gasteiger partial charge is 0.308 e. The second-order valence-corrected chi connectivity index (χ2v) is 5.89. The van der Waals surface area contributed by atoms with Crippen LogP contribution in [0.15, 0.2) is 24.3 Å². The fourth-order valence-corrected chi connectivity index (χ4v) is 2.73.